The number of amidine groups is 1. The number of amides is 1. The standard InChI is InChI=1S/C13H17N3O2S/c1-8-3-2-4-10(11(8)12(14)16-18)15-13(17)9-5-6-19-7-9/h2-4,9,18H,5-7H2,1H3,(H2,14,16)(H,15,17). The second-order valence-corrected chi connectivity index (χ2v) is 5.68. The lowest BCUT2D eigenvalue weighted by Crippen LogP contribution is -2.25. The van der Waals surface area contributed by atoms with Crippen molar-refractivity contribution >= 4 is 29.2 Å². The number of aryl methyl sites for hydroxylation is 1. The van der Waals surface area contributed by atoms with Crippen LogP contribution >= 0.6 is 11.8 Å². The van der Waals surface area contributed by atoms with E-state index >= 15 is 0 Å². The van der Waals surface area contributed by atoms with Gasteiger partial charge in [-0.1, -0.05) is 17.3 Å². The summed E-state index contributed by atoms with van der Waals surface area (Å²) >= 11 is 1.79. The van der Waals surface area contributed by atoms with Crippen LogP contribution in [0.5, 0.6) is 0 Å². The van der Waals surface area contributed by atoms with Crippen LogP contribution in [0, 0.1) is 12.8 Å². The molecule has 1 aliphatic rings. The van der Waals surface area contributed by atoms with Gasteiger partial charge in [-0.05, 0) is 30.7 Å². The van der Waals surface area contributed by atoms with Crippen molar-refractivity contribution in [2.24, 2.45) is 16.8 Å². The van der Waals surface area contributed by atoms with E-state index in [4.69, 9.17) is 10.9 Å². The van der Waals surface area contributed by atoms with Crippen LogP contribution in [0.3, 0.4) is 0 Å². The first-order valence-electron chi connectivity index (χ1n) is 6.09. The molecular weight excluding hydrogens is 262 g/mol. The number of hydrogen-bond donors (Lipinski definition) is 3. The van der Waals surface area contributed by atoms with Crippen LogP contribution in [0.1, 0.15) is 17.5 Å². The molecule has 0 radical (unpaired) electrons. The van der Waals surface area contributed by atoms with E-state index in [-0.39, 0.29) is 17.7 Å². The third kappa shape index (κ3) is 3.01. The number of nitrogens with zero attached hydrogens (tertiary/aromatic N) is 1. The van der Waals surface area contributed by atoms with Gasteiger partial charge in [0.25, 0.3) is 0 Å². The summed E-state index contributed by atoms with van der Waals surface area (Å²) in [6.45, 7) is 1.86. The number of thioether (sulfide) groups is 1. The zero-order valence-corrected chi connectivity index (χ0v) is 11.5. The maximum Gasteiger partial charge on any atom is 0.228 e. The molecule has 1 aliphatic heterocycles. The number of benzene rings is 1. The van der Waals surface area contributed by atoms with Gasteiger partial charge in [0.1, 0.15) is 0 Å². The van der Waals surface area contributed by atoms with Crippen molar-refractivity contribution in [1.82, 2.24) is 0 Å². The summed E-state index contributed by atoms with van der Waals surface area (Å²) in [4.78, 5) is 12.1. The summed E-state index contributed by atoms with van der Waals surface area (Å²) < 4.78 is 0. The van der Waals surface area contributed by atoms with E-state index in [1.807, 2.05) is 19.1 Å². The van der Waals surface area contributed by atoms with E-state index in [0.29, 0.717) is 11.3 Å². The molecule has 1 unspecified atom stereocenters. The number of anilines is 1. The van der Waals surface area contributed by atoms with Crippen molar-refractivity contribution in [3.63, 3.8) is 0 Å². The third-order valence-corrected chi connectivity index (χ3v) is 4.36. The fraction of sp³-hybridized carbons (Fsp3) is 0.385. The Balaban J connectivity index is 2.24. The first-order valence-corrected chi connectivity index (χ1v) is 7.25. The number of rotatable bonds is 3. The molecule has 6 heteroatoms. The lowest BCUT2D eigenvalue weighted by Gasteiger charge is -2.14. The van der Waals surface area contributed by atoms with Crippen LogP contribution < -0.4 is 11.1 Å². The molecule has 1 aromatic rings. The Hall–Kier alpha value is -1.69. The Bertz CT molecular complexity index is 511. The van der Waals surface area contributed by atoms with Gasteiger partial charge in [-0.2, -0.15) is 11.8 Å². The number of hydrogen-bond acceptors (Lipinski definition) is 4. The summed E-state index contributed by atoms with van der Waals surface area (Å²) in [5, 5.41) is 14.7. The maximum absolute atomic E-state index is 12.1. The smallest absolute Gasteiger partial charge is 0.228 e. The Labute approximate surface area is 116 Å². The highest BCUT2D eigenvalue weighted by atomic mass is 32.2. The zero-order valence-electron chi connectivity index (χ0n) is 10.7. The zero-order chi connectivity index (χ0) is 13.8. The van der Waals surface area contributed by atoms with Crippen molar-refractivity contribution in [3.05, 3.63) is 29.3 Å². The van der Waals surface area contributed by atoms with E-state index in [2.05, 4.69) is 10.5 Å². The topological polar surface area (TPSA) is 87.7 Å². The minimum atomic E-state index is 0.00240. The van der Waals surface area contributed by atoms with Gasteiger partial charge in [-0.15, -0.1) is 0 Å². The quantitative estimate of drug-likeness (QED) is 0.340. The number of oxime groups is 1. The Morgan fingerprint density at radius 3 is 3.00 bits per heavy atom. The predicted octanol–water partition coefficient (Wildman–Crippen LogP) is 1.78. The molecule has 1 atom stereocenters. The van der Waals surface area contributed by atoms with Crippen molar-refractivity contribution in [3.8, 4) is 0 Å². The molecule has 19 heavy (non-hydrogen) atoms. The molecule has 102 valence electrons. The first-order chi connectivity index (χ1) is 9.13. The van der Waals surface area contributed by atoms with Gasteiger partial charge in [-0.3, -0.25) is 4.79 Å². The van der Waals surface area contributed by atoms with E-state index in [9.17, 15) is 4.79 Å². The molecule has 1 saturated heterocycles. The van der Waals surface area contributed by atoms with Crippen molar-refractivity contribution in [2.45, 2.75) is 13.3 Å². The van der Waals surface area contributed by atoms with Gasteiger partial charge in [0.2, 0.25) is 5.91 Å². The normalized spacial score (nSPS) is 19.4. The molecular formula is C13H17N3O2S. The summed E-state index contributed by atoms with van der Waals surface area (Å²) in [5.74, 6) is 1.94. The molecule has 0 saturated carbocycles. The Morgan fingerprint density at radius 2 is 2.37 bits per heavy atom. The van der Waals surface area contributed by atoms with E-state index in [0.717, 1.165) is 23.5 Å². The molecule has 1 fully saturated rings. The molecule has 0 spiro atoms. The van der Waals surface area contributed by atoms with Crippen molar-refractivity contribution in [1.29, 1.82) is 0 Å². The Kier molecular flexibility index (Phi) is 4.31. The predicted molar refractivity (Wildman–Crippen MR) is 77.8 cm³/mol. The van der Waals surface area contributed by atoms with Gasteiger partial charge in [0.15, 0.2) is 5.84 Å². The SMILES string of the molecule is Cc1cccc(NC(=O)C2CCSC2)c1/C(N)=N/O. The molecule has 2 rings (SSSR count). The minimum absolute atomic E-state index is 0.00240. The van der Waals surface area contributed by atoms with Gasteiger partial charge < -0.3 is 16.3 Å². The van der Waals surface area contributed by atoms with Crippen LogP contribution in [0.25, 0.3) is 0 Å². The Morgan fingerprint density at radius 1 is 1.58 bits per heavy atom. The summed E-state index contributed by atoms with van der Waals surface area (Å²) in [6, 6.07) is 5.46. The monoisotopic (exact) mass is 279 g/mol. The average Bonchev–Trinajstić information content (AvgIpc) is 2.92. The molecule has 5 nitrogen and oxygen atoms in total. The minimum Gasteiger partial charge on any atom is -0.409 e. The summed E-state index contributed by atoms with van der Waals surface area (Å²) in [6.07, 6.45) is 0.904. The van der Waals surface area contributed by atoms with Crippen LogP contribution in [0.15, 0.2) is 23.4 Å². The fourth-order valence-electron chi connectivity index (χ4n) is 2.14. The molecule has 4 N–H and O–H groups in total. The van der Waals surface area contributed by atoms with Gasteiger partial charge in [-0.25, -0.2) is 0 Å². The maximum atomic E-state index is 12.1. The lowest BCUT2D eigenvalue weighted by molar-refractivity contribution is -0.119. The third-order valence-electron chi connectivity index (χ3n) is 3.20. The first kappa shape index (κ1) is 13.7. The largest absolute Gasteiger partial charge is 0.409 e. The number of carbonyl (C=O) groups excluding carboxylic acids is 1. The van der Waals surface area contributed by atoms with E-state index < -0.39 is 0 Å². The van der Waals surface area contributed by atoms with Gasteiger partial charge >= 0.3 is 0 Å². The van der Waals surface area contributed by atoms with Crippen LogP contribution in [-0.4, -0.2) is 28.5 Å². The van der Waals surface area contributed by atoms with Crippen LogP contribution in [0.2, 0.25) is 0 Å². The molecule has 1 amide bonds. The second-order valence-electron chi connectivity index (χ2n) is 4.53. The van der Waals surface area contributed by atoms with E-state index in [1.54, 1.807) is 17.8 Å². The van der Waals surface area contributed by atoms with Gasteiger partial charge in [0.05, 0.1) is 5.69 Å². The summed E-state index contributed by atoms with van der Waals surface area (Å²) in [7, 11) is 0. The molecule has 1 aromatic carbocycles. The number of carbonyl (C=O) groups is 1. The van der Waals surface area contributed by atoms with Crippen LogP contribution in [0.4, 0.5) is 5.69 Å². The van der Waals surface area contributed by atoms with Crippen molar-refractivity contribution < 1.29 is 10.0 Å². The molecule has 1 heterocycles. The molecule has 0 bridgehead atoms. The fourth-order valence-corrected chi connectivity index (χ4v) is 3.36. The highest BCUT2D eigenvalue weighted by molar-refractivity contribution is 7.99. The summed E-state index contributed by atoms with van der Waals surface area (Å²) in [5.41, 5.74) is 7.69. The number of nitrogens with two attached hydrogens (primary N) is 1. The average molecular weight is 279 g/mol. The van der Waals surface area contributed by atoms with Crippen molar-refractivity contribution in [2.75, 3.05) is 16.8 Å². The molecule has 0 aromatic heterocycles. The van der Waals surface area contributed by atoms with Crippen LogP contribution in [-0.2, 0) is 4.79 Å². The second kappa shape index (κ2) is 5.97. The highest BCUT2D eigenvalue weighted by Crippen LogP contribution is 2.26. The highest BCUT2D eigenvalue weighted by Gasteiger charge is 2.24. The molecule has 0 aliphatic carbocycles. The lowest BCUT2D eigenvalue weighted by atomic mass is 10.0. The van der Waals surface area contributed by atoms with E-state index in [1.165, 1.54) is 0 Å². The number of nitrogens with one attached hydrogen (secondary N) is 1. The van der Waals surface area contributed by atoms with Gasteiger partial charge in [0, 0.05) is 17.2 Å².